The molecule has 1 aromatic carbocycles. The van der Waals surface area contributed by atoms with Gasteiger partial charge in [-0.25, -0.2) is 4.39 Å². The molecule has 0 radical (unpaired) electrons. The van der Waals surface area contributed by atoms with Crippen molar-refractivity contribution in [1.29, 1.82) is 0 Å². The first-order valence-electron chi connectivity index (χ1n) is 4.41. The topological polar surface area (TPSA) is 81.8 Å². The number of benzene rings is 1. The number of hydrogen-bond acceptors (Lipinski definition) is 4. The van der Waals surface area contributed by atoms with Gasteiger partial charge in [0, 0.05) is 12.1 Å². The normalized spacial score (nSPS) is 12.0. The number of nitrogens with two attached hydrogens (primary N) is 1. The standard InChI is InChI=1S/C10H12FNO4/c1-15-5-3-6(11)8(7(4-5)16-2)9(12)10(13)14/h3-4,9H,12H2,1-2H3,(H,13,14). The second-order valence-electron chi connectivity index (χ2n) is 3.04. The van der Waals surface area contributed by atoms with Gasteiger partial charge < -0.3 is 20.3 Å². The van der Waals surface area contributed by atoms with Crippen LogP contribution in [0.5, 0.6) is 11.5 Å². The molecule has 0 heterocycles. The second-order valence-corrected chi connectivity index (χ2v) is 3.04. The van der Waals surface area contributed by atoms with E-state index in [1.807, 2.05) is 0 Å². The van der Waals surface area contributed by atoms with Gasteiger partial charge in [0.15, 0.2) is 0 Å². The molecule has 1 aromatic rings. The van der Waals surface area contributed by atoms with Crippen molar-refractivity contribution in [2.45, 2.75) is 6.04 Å². The van der Waals surface area contributed by atoms with Crippen LogP contribution in [0.15, 0.2) is 12.1 Å². The van der Waals surface area contributed by atoms with Crippen molar-refractivity contribution in [2.75, 3.05) is 14.2 Å². The van der Waals surface area contributed by atoms with Gasteiger partial charge in [0.1, 0.15) is 23.4 Å². The van der Waals surface area contributed by atoms with E-state index in [1.165, 1.54) is 20.3 Å². The van der Waals surface area contributed by atoms with Gasteiger partial charge in [-0.1, -0.05) is 0 Å². The molecule has 1 unspecified atom stereocenters. The Balaban J connectivity index is 3.31. The van der Waals surface area contributed by atoms with Crippen LogP contribution in [0.2, 0.25) is 0 Å². The zero-order valence-corrected chi connectivity index (χ0v) is 8.86. The third-order valence-corrected chi connectivity index (χ3v) is 2.10. The number of rotatable bonds is 4. The first-order chi connectivity index (χ1) is 7.51. The fourth-order valence-corrected chi connectivity index (χ4v) is 1.28. The molecule has 88 valence electrons. The predicted octanol–water partition coefficient (Wildman–Crippen LogP) is 0.927. The monoisotopic (exact) mass is 229 g/mol. The van der Waals surface area contributed by atoms with Crippen LogP contribution >= 0.6 is 0 Å². The first-order valence-corrected chi connectivity index (χ1v) is 4.41. The lowest BCUT2D eigenvalue weighted by Gasteiger charge is -2.14. The predicted molar refractivity (Wildman–Crippen MR) is 54.1 cm³/mol. The lowest BCUT2D eigenvalue weighted by molar-refractivity contribution is -0.138. The fourth-order valence-electron chi connectivity index (χ4n) is 1.28. The van der Waals surface area contributed by atoms with Gasteiger partial charge in [-0.3, -0.25) is 4.79 Å². The summed E-state index contributed by atoms with van der Waals surface area (Å²) in [6, 6.07) is 0.961. The first kappa shape index (κ1) is 12.3. The van der Waals surface area contributed by atoms with Gasteiger partial charge >= 0.3 is 5.97 Å². The number of carboxylic acid groups (broad SMARTS) is 1. The largest absolute Gasteiger partial charge is 0.497 e. The minimum absolute atomic E-state index is 0.0479. The van der Waals surface area contributed by atoms with Crippen LogP contribution in [0.3, 0.4) is 0 Å². The molecule has 0 bridgehead atoms. The number of carboxylic acids is 1. The van der Waals surface area contributed by atoms with E-state index in [-0.39, 0.29) is 17.1 Å². The van der Waals surface area contributed by atoms with Gasteiger partial charge in [-0.15, -0.1) is 0 Å². The third-order valence-electron chi connectivity index (χ3n) is 2.10. The van der Waals surface area contributed by atoms with Crippen LogP contribution in [0.1, 0.15) is 11.6 Å². The van der Waals surface area contributed by atoms with E-state index in [0.717, 1.165) is 6.07 Å². The highest BCUT2D eigenvalue weighted by Crippen LogP contribution is 2.31. The molecule has 16 heavy (non-hydrogen) atoms. The highest BCUT2D eigenvalue weighted by molar-refractivity contribution is 5.76. The summed E-state index contributed by atoms with van der Waals surface area (Å²) in [6.45, 7) is 0. The Morgan fingerprint density at radius 3 is 2.50 bits per heavy atom. The molecular weight excluding hydrogens is 217 g/mol. The maximum absolute atomic E-state index is 13.6. The molecule has 0 saturated heterocycles. The van der Waals surface area contributed by atoms with E-state index in [0.29, 0.717) is 0 Å². The number of hydrogen-bond donors (Lipinski definition) is 2. The van der Waals surface area contributed by atoms with Crippen molar-refractivity contribution in [3.63, 3.8) is 0 Å². The molecule has 3 N–H and O–H groups in total. The minimum atomic E-state index is -1.47. The maximum Gasteiger partial charge on any atom is 0.325 e. The summed E-state index contributed by atoms with van der Waals surface area (Å²) in [5.74, 6) is -1.82. The molecule has 0 aromatic heterocycles. The summed E-state index contributed by atoms with van der Waals surface area (Å²) < 4.78 is 23.3. The third kappa shape index (κ3) is 2.22. The fraction of sp³-hybridized carbons (Fsp3) is 0.300. The van der Waals surface area contributed by atoms with E-state index < -0.39 is 17.8 Å². The molecular formula is C10H12FNO4. The Bertz CT molecular complexity index is 408. The van der Waals surface area contributed by atoms with Crippen LogP contribution in [-0.4, -0.2) is 25.3 Å². The van der Waals surface area contributed by atoms with Crippen molar-refractivity contribution in [3.8, 4) is 11.5 Å². The number of carbonyl (C=O) groups is 1. The molecule has 0 aliphatic heterocycles. The highest BCUT2D eigenvalue weighted by Gasteiger charge is 2.24. The average molecular weight is 229 g/mol. The smallest absolute Gasteiger partial charge is 0.325 e. The summed E-state index contributed by atoms with van der Waals surface area (Å²) in [6.07, 6.45) is 0. The SMILES string of the molecule is COc1cc(F)c(C(N)C(=O)O)c(OC)c1. The van der Waals surface area contributed by atoms with Crippen LogP contribution in [-0.2, 0) is 4.79 Å². The Morgan fingerprint density at radius 2 is 2.06 bits per heavy atom. The van der Waals surface area contributed by atoms with Crippen LogP contribution < -0.4 is 15.2 Å². The summed E-state index contributed by atoms with van der Waals surface area (Å²) in [7, 11) is 2.66. The number of methoxy groups -OCH3 is 2. The molecule has 5 nitrogen and oxygen atoms in total. The van der Waals surface area contributed by atoms with E-state index in [2.05, 4.69) is 0 Å². The minimum Gasteiger partial charge on any atom is -0.497 e. The van der Waals surface area contributed by atoms with Gasteiger partial charge in [0.05, 0.1) is 19.8 Å². The highest BCUT2D eigenvalue weighted by atomic mass is 19.1. The molecule has 6 heteroatoms. The maximum atomic E-state index is 13.6. The molecule has 0 spiro atoms. The molecule has 1 rings (SSSR count). The molecule has 0 aliphatic carbocycles. The van der Waals surface area contributed by atoms with Crippen molar-refractivity contribution in [1.82, 2.24) is 0 Å². The zero-order chi connectivity index (χ0) is 12.3. The van der Waals surface area contributed by atoms with E-state index in [4.69, 9.17) is 20.3 Å². The Hall–Kier alpha value is -1.82. The Kier molecular flexibility index (Phi) is 3.68. The van der Waals surface area contributed by atoms with Crippen LogP contribution in [0, 0.1) is 5.82 Å². The summed E-state index contributed by atoms with van der Waals surface area (Å²) >= 11 is 0. The van der Waals surface area contributed by atoms with E-state index in [9.17, 15) is 9.18 Å². The average Bonchev–Trinajstić information content (AvgIpc) is 2.26. The molecule has 0 amide bonds. The van der Waals surface area contributed by atoms with Crippen molar-refractivity contribution in [2.24, 2.45) is 5.73 Å². The van der Waals surface area contributed by atoms with Crippen molar-refractivity contribution < 1.29 is 23.8 Å². The summed E-state index contributed by atoms with van der Waals surface area (Å²) in [4.78, 5) is 10.7. The quantitative estimate of drug-likeness (QED) is 0.802. The second kappa shape index (κ2) is 4.80. The lowest BCUT2D eigenvalue weighted by atomic mass is 10.1. The van der Waals surface area contributed by atoms with E-state index >= 15 is 0 Å². The number of ether oxygens (including phenoxy) is 2. The van der Waals surface area contributed by atoms with Crippen LogP contribution in [0.25, 0.3) is 0 Å². The van der Waals surface area contributed by atoms with Crippen molar-refractivity contribution in [3.05, 3.63) is 23.5 Å². The molecule has 0 saturated carbocycles. The van der Waals surface area contributed by atoms with E-state index in [1.54, 1.807) is 0 Å². The van der Waals surface area contributed by atoms with Gasteiger partial charge in [0.2, 0.25) is 0 Å². The van der Waals surface area contributed by atoms with Gasteiger partial charge in [0.25, 0.3) is 0 Å². The van der Waals surface area contributed by atoms with Gasteiger partial charge in [-0.05, 0) is 0 Å². The summed E-state index contributed by atoms with van der Waals surface area (Å²) in [5.41, 5.74) is 5.15. The Morgan fingerprint density at radius 1 is 1.44 bits per heavy atom. The van der Waals surface area contributed by atoms with Crippen LogP contribution in [0.4, 0.5) is 4.39 Å². The molecule has 1 atom stereocenters. The van der Waals surface area contributed by atoms with Crippen molar-refractivity contribution >= 4 is 5.97 Å². The Labute approximate surface area is 91.6 Å². The lowest BCUT2D eigenvalue weighted by Crippen LogP contribution is -2.22. The molecule has 0 fully saturated rings. The zero-order valence-electron chi connectivity index (χ0n) is 8.86. The summed E-state index contributed by atoms with van der Waals surface area (Å²) in [5, 5.41) is 8.73. The van der Waals surface area contributed by atoms with Gasteiger partial charge in [-0.2, -0.15) is 0 Å². The molecule has 0 aliphatic rings. The number of halogens is 1. The number of aliphatic carboxylic acids is 1.